The minimum atomic E-state index is -5.11. The molecule has 0 bridgehead atoms. The molecule has 3 nitrogen and oxygen atoms in total. The van der Waals surface area contributed by atoms with E-state index in [2.05, 4.69) is 15.4 Å². The van der Waals surface area contributed by atoms with Crippen LogP contribution < -0.4 is 0 Å². The number of hydrogen-bond acceptors (Lipinski definition) is 3. The second kappa shape index (κ2) is 4.02. The molecule has 0 aromatic carbocycles. The summed E-state index contributed by atoms with van der Waals surface area (Å²) in [5, 5.41) is 6.90. The molecule has 0 N–H and O–H groups in total. The number of aromatic nitrogens is 3. The van der Waals surface area contributed by atoms with Gasteiger partial charge in [-0.05, 0) is 5.21 Å². The molecule has 16 heavy (non-hydrogen) atoms. The standard InChI is InChI=1S/C6F7N3/c7-1-3(14-16-15-5(1)11)6(12,13)2(8)4(9)10. The van der Waals surface area contributed by atoms with Crippen LogP contribution in [0.1, 0.15) is 5.69 Å². The predicted molar refractivity (Wildman–Crippen MR) is 34.0 cm³/mol. The fourth-order valence-corrected chi connectivity index (χ4v) is 0.715. The quantitative estimate of drug-likeness (QED) is 0.753. The SMILES string of the molecule is FC(F)=C(F)C(F)(F)c1nnnc(F)c1F. The lowest BCUT2D eigenvalue weighted by molar-refractivity contribution is -0.00420. The maximum absolute atomic E-state index is 12.8. The van der Waals surface area contributed by atoms with Gasteiger partial charge in [0.1, 0.15) is 0 Å². The highest BCUT2D eigenvalue weighted by molar-refractivity contribution is 5.20. The Kier molecular flexibility index (Phi) is 3.10. The summed E-state index contributed by atoms with van der Waals surface area (Å²) in [7, 11) is 0. The van der Waals surface area contributed by atoms with E-state index in [1.165, 1.54) is 0 Å². The molecule has 0 saturated heterocycles. The highest BCUT2D eigenvalue weighted by atomic mass is 19.3. The molecule has 0 spiro atoms. The molecule has 0 atom stereocenters. The van der Waals surface area contributed by atoms with Gasteiger partial charge in [0.15, 0.2) is 5.69 Å². The van der Waals surface area contributed by atoms with Crippen molar-refractivity contribution in [1.29, 1.82) is 0 Å². The Bertz CT molecular complexity index is 440. The Hall–Kier alpha value is -1.74. The molecule has 10 heteroatoms. The molecule has 0 aliphatic carbocycles. The molecule has 1 aromatic heterocycles. The Morgan fingerprint density at radius 3 is 2.06 bits per heavy atom. The van der Waals surface area contributed by atoms with Gasteiger partial charge in [-0.3, -0.25) is 0 Å². The Balaban J connectivity index is 3.39. The number of alkyl halides is 2. The number of halogens is 7. The fraction of sp³-hybridized carbons (Fsp3) is 0.167. The highest BCUT2D eigenvalue weighted by Gasteiger charge is 2.46. The summed E-state index contributed by atoms with van der Waals surface area (Å²) in [4.78, 5) is 0. The summed E-state index contributed by atoms with van der Waals surface area (Å²) >= 11 is 0. The topological polar surface area (TPSA) is 38.7 Å². The molecule has 1 aromatic rings. The van der Waals surface area contributed by atoms with Crippen LogP contribution in [0.25, 0.3) is 0 Å². The van der Waals surface area contributed by atoms with E-state index in [9.17, 15) is 30.7 Å². The first-order chi connectivity index (χ1) is 7.28. The molecule has 0 aliphatic heterocycles. The largest absolute Gasteiger partial charge is 0.350 e. The van der Waals surface area contributed by atoms with E-state index in [1.54, 1.807) is 0 Å². The monoisotopic (exact) mass is 247 g/mol. The van der Waals surface area contributed by atoms with E-state index in [1.807, 2.05) is 0 Å². The van der Waals surface area contributed by atoms with Crippen molar-refractivity contribution in [2.45, 2.75) is 5.92 Å². The Labute approximate surface area is 82.6 Å². The van der Waals surface area contributed by atoms with Gasteiger partial charge in [0.25, 0.3) is 5.95 Å². The van der Waals surface area contributed by atoms with Crippen LogP contribution in [0.4, 0.5) is 30.7 Å². The third kappa shape index (κ3) is 1.95. The summed E-state index contributed by atoms with van der Waals surface area (Å²) < 4.78 is 86.1. The minimum Gasteiger partial charge on any atom is -0.199 e. The number of allylic oxidation sites excluding steroid dienone is 1. The molecule has 0 unspecified atom stereocenters. The van der Waals surface area contributed by atoms with Gasteiger partial charge >= 0.3 is 12.0 Å². The molecule has 0 amide bonds. The van der Waals surface area contributed by atoms with E-state index in [4.69, 9.17) is 0 Å². The zero-order valence-corrected chi connectivity index (χ0v) is 6.99. The number of hydrogen-bond donors (Lipinski definition) is 0. The predicted octanol–water partition coefficient (Wildman–Crippen LogP) is 2.32. The van der Waals surface area contributed by atoms with Crippen LogP contribution >= 0.6 is 0 Å². The van der Waals surface area contributed by atoms with Crippen molar-refractivity contribution >= 4 is 0 Å². The summed E-state index contributed by atoms with van der Waals surface area (Å²) in [6, 6.07) is 0. The van der Waals surface area contributed by atoms with Crippen LogP contribution in [0.2, 0.25) is 0 Å². The van der Waals surface area contributed by atoms with Crippen molar-refractivity contribution in [2.75, 3.05) is 0 Å². The number of nitrogens with zero attached hydrogens (tertiary/aromatic N) is 3. The van der Waals surface area contributed by atoms with Gasteiger partial charge in [-0.15, -0.1) is 5.10 Å². The van der Waals surface area contributed by atoms with E-state index in [-0.39, 0.29) is 0 Å². The summed E-state index contributed by atoms with van der Waals surface area (Å²) in [5.41, 5.74) is -2.20. The Morgan fingerprint density at radius 2 is 1.56 bits per heavy atom. The van der Waals surface area contributed by atoms with Crippen LogP contribution in [0, 0.1) is 11.8 Å². The molecule has 0 radical (unpaired) electrons. The molecule has 1 heterocycles. The number of rotatable bonds is 2. The average molecular weight is 247 g/mol. The van der Waals surface area contributed by atoms with Crippen LogP contribution in [0.5, 0.6) is 0 Å². The van der Waals surface area contributed by atoms with Gasteiger partial charge in [0.05, 0.1) is 0 Å². The lowest BCUT2D eigenvalue weighted by Gasteiger charge is -2.11. The molecule has 0 aliphatic rings. The van der Waals surface area contributed by atoms with E-state index in [0.717, 1.165) is 0 Å². The highest BCUT2D eigenvalue weighted by Crippen LogP contribution is 2.38. The van der Waals surface area contributed by atoms with E-state index >= 15 is 0 Å². The van der Waals surface area contributed by atoms with E-state index < -0.39 is 35.3 Å². The smallest absolute Gasteiger partial charge is 0.199 e. The van der Waals surface area contributed by atoms with Crippen LogP contribution in [-0.2, 0) is 5.92 Å². The van der Waals surface area contributed by atoms with Gasteiger partial charge in [-0.1, -0.05) is 5.10 Å². The van der Waals surface area contributed by atoms with E-state index in [0.29, 0.717) is 0 Å². The summed E-state index contributed by atoms with van der Waals surface area (Å²) in [5.74, 6) is -12.8. The maximum Gasteiger partial charge on any atom is 0.350 e. The molecular weight excluding hydrogens is 247 g/mol. The van der Waals surface area contributed by atoms with Crippen molar-refractivity contribution in [1.82, 2.24) is 15.4 Å². The van der Waals surface area contributed by atoms with Gasteiger partial charge < -0.3 is 0 Å². The first kappa shape index (κ1) is 12.3. The first-order valence-corrected chi connectivity index (χ1v) is 3.42. The zero-order chi connectivity index (χ0) is 12.5. The molecule has 0 saturated carbocycles. The fourth-order valence-electron chi connectivity index (χ4n) is 0.715. The van der Waals surface area contributed by atoms with Crippen molar-refractivity contribution < 1.29 is 30.7 Å². The van der Waals surface area contributed by atoms with Crippen molar-refractivity contribution in [3.8, 4) is 0 Å². The third-order valence-corrected chi connectivity index (χ3v) is 1.41. The maximum atomic E-state index is 12.8. The summed E-state index contributed by atoms with van der Waals surface area (Å²) in [6.45, 7) is 0. The van der Waals surface area contributed by atoms with Gasteiger partial charge in [-0.2, -0.15) is 30.7 Å². The molecule has 0 fully saturated rings. The average Bonchev–Trinajstić information content (AvgIpc) is 2.20. The first-order valence-electron chi connectivity index (χ1n) is 3.42. The summed E-state index contributed by atoms with van der Waals surface area (Å²) in [6.07, 6.45) is -3.37. The van der Waals surface area contributed by atoms with Gasteiger partial charge in [-0.25, -0.2) is 0 Å². The van der Waals surface area contributed by atoms with Crippen LogP contribution in [-0.4, -0.2) is 15.4 Å². The second-order valence-electron chi connectivity index (χ2n) is 2.39. The van der Waals surface area contributed by atoms with Crippen molar-refractivity contribution in [3.05, 3.63) is 29.4 Å². The van der Waals surface area contributed by atoms with Crippen LogP contribution in [0.15, 0.2) is 11.9 Å². The third-order valence-electron chi connectivity index (χ3n) is 1.41. The lowest BCUT2D eigenvalue weighted by atomic mass is 10.2. The second-order valence-corrected chi connectivity index (χ2v) is 2.39. The zero-order valence-electron chi connectivity index (χ0n) is 6.99. The normalized spacial score (nSPS) is 11.4. The van der Waals surface area contributed by atoms with Crippen LogP contribution in [0.3, 0.4) is 0 Å². The van der Waals surface area contributed by atoms with Crippen molar-refractivity contribution in [3.63, 3.8) is 0 Å². The molecular formula is C6F7N3. The molecule has 1 rings (SSSR count). The van der Waals surface area contributed by atoms with Gasteiger partial charge in [0.2, 0.25) is 11.6 Å². The Morgan fingerprint density at radius 1 is 1.00 bits per heavy atom. The van der Waals surface area contributed by atoms with Gasteiger partial charge in [0, 0.05) is 0 Å². The minimum absolute atomic E-state index is 2.10. The van der Waals surface area contributed by atoms with Crippen molar-refractivity contribution in [2.24, 2.45) is 0 Å². The molecule has 88 valence electrons. The lowest BCUT2D eigenvalue weighted by Crippen LogP contribution is -2.21.